The smallest absolute Gasteiger partial charge is 0.231 e. The molecule has 0 spiro atoms. The van der Waals surface area contributed by atoms with Gasteiger partial charge in [-0.05, 0) is 29.3 Å². The summed E-state index contributed by atoms with van der Waals surface area (Å²) in [6, 6.07) is 20.1. The molecule has 2 aromatic carbocycles. The molecule has 2 aromatic heterocycles. The van der Waals surface area contributed by atoms with Crippen LogP contribution in [0, 0.1) is 0 Å². The molecule has 0 bridgehead atoms. The van der Waals surface area contributed by atoms with Crippen LogP contribution >= 0.6 is 0 Å². The van der Waals surface area contributed by atoms with E-state index in [0.717, 1.165) is 22.3 Å². The summed E-state index contributed by atoms with van der Waals surface area (Å²) in [6.45, 7) is 0. The standard InChI is InChI=1S/C18H13N3O/c1-2-4-13(5-3-1)14-6-8-15(9-7-14)22-18-16-10-11-19-17(16)20-12-21-18/h1-12H,(H,19,20,21). The van der Waals surface area contributed by atoms with E-state index >= 15 is 0 Å². The average Bonchev–Trinajstić information content (AvgIpc) is 3.06. The van der Waals surface area contributed by atoms with Gasteiger partial charge in [0.2, 0.25) is 5.88 Å². The van der Waals surface area contributed by atoms with Gasteiger partial charge in [0.15, 0.2) is 0 Å². The highest BCUT2D eigenvalue weighted by molar-refractivity contribution is 5.80. The van der Waals surface area contributed by atoms with E-state index in [-0.39, 0.29) is 0 Å². The topological polar surface area (TPSA) is 50.8 Å². The van der Waals surface area contributed by atoms with E-state index < -0.39 is 0 Å². The largest absolute Gasteiger partial charge is 0.438 e. The molecular weight excluding hydrogens is 274 g/mol. The van der Waals surface area contributed by atoms with Crippen molar-refractivity contribution in [2.75, 3.05) is 0 Å². The van der Waals surface area contributed by atoms with Crippen LogP contribution in [0.25, 0.3) is 22.2 Å². The van der Waals surface area contributed by atoms with Crippen molar-refractivity contribution in [3.8, 4) is 22.8 Å². The Kier molecular flexibility index (Phi) is 3.05. The van der Waals surface area contributed by atoms with Crippen molar-refractivity contribution in [3.63, 3.8) is 0 Å². The Morgan fingerprint density at radius 1 is 0.773 bits per heavy atom. The minimum Gasteiger partial charge on any atom is -0.438 e. The first kappa shape index (κ1) is 12.6. The van der Waals surface area contributed by atoms with Crippen LogP contribution in [0.4, 0.5) is 0 Å². The maximum absolute atomic E-state index is 5.87. The third kappa shape index (κ3) is 2.31. The Labute approximate surface area is 127 Å². The van der Waals surface area contributed by atoms with Gasteiger partial charge in [0.1, 0.15) is 17.7 Å². The summed E-state index contributed by atoms with van der Waals surface area (Å²) in [5.74, 6) is 1.31. The quantitative estimate of drug-likeness (QED) is 0.607. The first-order valence-electron chi connectivity index (χ1n) is 7.01. The maximum Gasteiger partial charge on any atom is 0.231 e. The molecule has 106 valence electrons. The van der Waals surface area contributed by atoms with Crippen molar-refractivity contribution >= 4 is 11.0 Å². The van der Waals surface area contributed by atoms with E-state index in [0.29, 0.717) is 5.88 Å². The predicted molar refractivity (Wildman–Crippen MR) is 85.8 cm³/mol. The molecule has 0 saturated carbocycles. The lowest BCUT2D eigenvalue weighted by Gasteiger charge is -2.07. The van der Waals surface area contributed by atoms with E-state index in [4.69, 9.17) is 4.74 Å². The summed E-state index contributed by atoms with van der Waals surface area (Å²) in [5.41, 5.74) is 3.11. The number of nitrogens with zero attached hydrogens (tertiary/aromatic N) is 2. The van der Waals surface area contributed by atoms with Crippen molar-refractivity contribution in [3.05, 3.63) is 73.2 Å². The number of H-pyrrole nitrogens is 1. The molecule has 0 fully saturated rings. The summed E-state index contributed by atoms with van der Waals surface area (Å²) < 4.78 is 5.87. The predicted octanol–water partition coefficient (Wildman–Crippen LogP) is 4.42. The number of fused-ring (bicyclic) bond motifs is 1. The van der Waals surface area contributed by atoms with Crippen LogP contribution in [0.3, 0.4) is 0 Å². The molecule has 0 aliphatic heterocycles. The summed E-state index contributed by atoms with van der Waals surface area (Å²) in [4.78, 5) is 11.4. The van der Waals surface area contributed by atoms with Crippen LogP contribution < -0.4 is 4.74 Å². The van der Waals surface area contributed by atoms with Gasteiger partial charge in [-0.15, -0.1) is 0 Å². The number of hydrogen-bond donors (Lipinski definition) is 1. The highest BCUT2D eigenvalue weighted by atomic mass is 16.5. The molecule has 0 radical (unpaired) electrons. The lowest BCUT2D eigenvalue weighted by atomic mass is 10.1. The highest BCUT2D eigenvalue weighted by Gasteiger charge is 2.07. The zero-order valence-electron chi connectivity index (χ0n) is 11.7. The Morgan fingerprint density at radius 3 is 2.36 bits per heavy atom. The van der Waals surface area contributed by atoms with Gasteiger partial charge in [-0.2, -0.15) is 0 Å². The van der Waals surface area contributed by atoms with Crippen molar-refractivity contribution in [1.82, 2.24) is 15.0 Å². The van der Waals surface area contributed by atoms with E-state index in [1.54, 1.807) is 0 Å². The fraction of sp³-hybridized carbons (Fsp3) is 0. The van der Waals surface area contributed by atoms with Crippen LogP contribution in [0.1, 0.15) is 0 Å². The van der Waals surface area contributed by atoms with Crippen LogP contribution in [-0.2, 0) is 0 Å². The second-order valence-electron chi connectivity index (χ2n) is 4.91. The number of hydrogen-bond acceptors (Lipinski definition) is 3. The third-order valence-corrected chi connectivity index (χ3v) is 3.49. The van der Waals surface area contributed by atoms with Gasteiger partial charge in [0.25, 0.3) is 0 Å². The third-order valence-electron chi connectivity index (χ3n) is 3.49. The molecule has 22 heavy (non-hydrogen) atoms. The second kappa shape index (κ2) is 5.33. The van der Waals surface area contributed by atoms with Crippen molar-refractivity contribution in [2.24, 2.45) is 0 Å². The highest BCUT2D eigenvalue weighted by Crippen LogP contribution is 2.28. The van der Waals surface area contributed by atoms with Gasteiger partial charge < -0.3 is 9.72 Å². The number of ether oxygens (including phenoxy) is 1. The number of benzene rings is 2. The van der Waals surface area contributed by atoms with E-state index in [9.17, 15) is 0 Å². The Bertz CT molecular complexity index is 898. The number of nitrogens with one attached hydrogen (secondary N) is 1. The van der Waals surface area contributed by atoms with Gasteiger partial charge in [0, 0.05) is 6.20 Å². The van der Waals surface area contributed by atoms with Crippen LogP contribution in [0.15, 0.2) is 73.2 Å². The molecule has 1 N–H and O–H groups in total. The molecule has 4 heteroatoms. The molecule has 2 heterocycles. The normalized spacial score (nSPS) is 10.7. The van der Waals surface area contributed by atoms with E-state index in [1.165, 1.54) is 11.9 Å². The molecular formula is C18H13N3O. The van der Waals surface area contributed by atoms with Gasteiger partial charge in [-0.25, -0.2) is 9.97 Å². The van der Waals surface area contributed by atoms with Gasteiger partial charge in [-0.3, -0.25) is 0 Å². The van der Waals surface area contributed by atoms with Crippen molar-refractivity contribution in [2.45, 2.75) is 0 Å². The van der Waals surface area contributed by atoms with E-state index in [2.05, 4.69) is 27.1 Å². The zero-order chi connectivity index (χ0) is 14.8. The molecule has 0 atom stereocenters. The average molecular weight is 287 g/mol. The SMILES string of the molecule is c1ccc(-c2ccc(Oc3ncnc4[nH]ccc34)cc2)cc1. The Hall–Kier alpha value is -3.14. The maximum atomic E-state index is 5.87. The molecule has 4 aromatic rings. The molecule has 4 rings (SSSR count). The Balaban J connectivity index is 1.63. The minimum absolute atomic E-state index is 0.554. The lowest BCUT2D eigenvalue weighted by molar-refractivity contribution is 0.468. The van der Waals surface area contributed by atoms with Crippen LogP contribution in [0.2, 0.25) is 0 Å². The van der Waals surface area contributed by atoms with Gasteiger partial charge in [0.05, 0.1) is 5.39 Å². The summed E-state index contributed by atoms with van der Waals surface area (Å²) in [7, 11) is 0. The number of rotatable bonds is 3. The number of aromatic nitrogens is 3. The molecule has 4 nitrogen and oxygen atoms in total. The number of aromatic amines is 1. The summed E-state index contributed by atoms with van der Waals surface area (Å²) in [5, 5.41) is 0.870. The molecule has 0 saturated heterocycles. The van der Waals surface area contributed by atoms with E-state index in [1.807, 2.05) is 54.7 Å². The first-order chi connectivity index (χ1) is 10.9. The lowest BCUT2D eigenvalue weighted by Crippen LogP contribution is -1.90. The fourth-order valence-electron chi connectivity index (χ4n) is 2.39. The molecule has 0 unspecified atom stereocenters. The molecule has 0 aliphatic carbocycles. The fourth-order valence-corrected chi connectivity index (χ4v) is 2.39. The van der Waals surface area contributed by atoms with Crippen molar-refractivity contribution < 1.29 is 4.74 Å². The van der Waals surface area contributed by atoms with Crippen LogP contribution in [0.5, 0.6) is 11.6 Å². The molecule has 0 amide bonds. The Morgan fingerprint density at radius 2 is 1.55 bits per heavy atom. The zero-order valence-corrected chi connectivity index (χ0v) is 11.7. The molecule has 0 aliphatic rings. The second-order valence-corrected chi connectivity index (χ2v) is 4.91. The monoisotopic (exact) mass is 287 g/mol. The minimum atomic E-state index is 0.554. The summed E-state index contributed by atoms with van der Waals surface area (Å²) >= 11 is 0. The van der Waals surface area contributed by atoms with Gasteiger partial charge >= 0.3 is 0 Å². The van der Waals surface area contributed by atoms with Crippen LogP contribution in [-0.4, -0.2) is 15.0 Å². The van der Waals surface area contributed by atoms with Crippen molar-refractivity contribution in [1.29, 1.82) is 0 Å². The van der Waals surface area contributed by atoms with Gasteiger partial charge in [-0.1, -0.05) is 42.5 Å². The summed E-state index contributed by atoms with van der Waals surface area (Å²) in [6.07, 6.45) is 3.32. The first-order valence-corrected chi connectivity index (χ1v) is 7.01.